The van der Waals surface area contributed by atoms with Crippen LogP contribution in [0.5, 0.6) is 0 Å². The lowest BCUT2D eigenvalue weighted by atomic mass is 9.65. The first-order valence-electron chi connectivity index (χ1n) is 9.87. The van der Waals surface area contributed by atoms with Crippen molar-refractivity contribution in [2.24, 2.45) is 23.7 Å². The van der Waals surface area contributed by atoms with Crippen LogP contribution in [0.2, 0.25) is 0 Å². The van der Waals surface area contributed by atoms with Crippen molar-refractivity contribution in [2.75, 3.05) is 28.4 Å². The van der Waals surface area contributed by atoms with Crippen molar-refractivity contribution in [3.8, 4) is 0 Å². The Bertz CT molecular complexity index is 881. The van der Waals surface area contributed by atoms with Gasteiger partial charge in [-0.05, 0) is 11.1 Å². The summed E-state index contributed by atoms with van der Waals surface area (Å²) < 4.78 is 19.4. The summed E-state index contributed by atoms with van der Waals surface area (Å²) in [6.45, 7) is 0. The van der Waals surface area contributed by atoms with Gasteiger partial charge in [0.15, 0.2) is 5.78 Å². The number of esters is 4. The van der Waals surface area contributed by atoms with E-state index in [1.807, 2.05) is 0 Å². The van der Waals surface area contributed by atoms with E-state index >= 15 is 0 Å². The molecule has 2 bridgehead atoms. The van der Waals surface area contributed by atoms with Crippen LogP contribution in [-0.4, -0.2) is 69.3 Å². The molecule has 10 heteroatoms. The highest BCUT2D eigenvalue weighted by molar-refractivity contribution is 6.11. The molecule has 172 valence electrons. The molecule has 0 saturated heterocycles. The average molecular weight is 448 g/mol. The number of rotatable bonds is 4. The minimum atomic E-state index is -1.73. The molecule has 0 radical (unpaired) electrons. The molecule has 0 aromatic heterocycles. The third-order valence-electron chi connectivity index (χ3n) is 6.41. The van der Waals surface area contributed by atoms with Gasteiger partial charge in [0, 0.05) is 11.8 Å². The highest BCUT2D eigenvalue weighted by Crippen LogP contribution is 2.54. The molecule has 0 saturated carbocycles. The second-order valence-electron chi connectivity index (χ2n) is 7.67. The van der Waals surface area contributed by atoms with E-state index in [2.05, 4.69) is 0 Å². The predicted molar refractivity (Wildman–Crippen MR) is 105 cm³/mol. The fourth-order valence-electron chi connectivity index (χ4n) is 5.10. The van der Waals surface area contributed by atoms with Crippen LogP contribution in [0.1, 0.15) is 23.0 Å². The standard InChI is InChI=1S/C22H24O10/c1-29-19(25)13-11-9-7-5-6-8-10(9)12(15(17(13)23)21(27)31-3)16(22(28)32-4)18(24)14(11)20(26)30-2/h5-8,11-17,23H,1-4H3/t11-,12-,13-,14+,15+,16-,17?/m0/s1. The van der Waals surface area contributed by atoms with Gasteiger partial charge < -0.3 is 24.1 Å². The van der Waals surface area contributed by atoms with Crippen molar-refractivity contribution in [1.29, 1.82) is 0 Å². The van der Waals surface area contributed by atoms with Crippen molar-refractivity contribution >= 4 is 29.7 Å². The normalized spacial score (nSPS) is 30.9. The number of ether oxygens (including phenoxy) is 4. The minimum Gasteiger partial charge on any atom is -0.469 e. The summed E-state index contributed by atoms with van der Waals surface area (Å²) in [5, 5.41) is 11.3. The highest BCUT2D eigenvalue weighted by atomic mass is 16.5. The Balaban J connectivity index is 2.45. The lowest BCUT2D eigenvalue weighted by Crippen LogP contribution is -2.53. The van der Waals surface area contributed by atoms with Crippen molar-refractivity contribution in [3.63, 3.8) is 0 Å². The van der Waals surface area contributed by atoms with E-state index in [1.165, 1.54) is 0 Å². The van der Waals surface area contributed by atoms with E-state index in [0.717, 1.165) is 28.4 Å². The predicted octanol–water partition coefficient (Wildman–Crippen LogP) is -0.0322. The molecule has 3 rings (SSSR count). The molecule has 1 aromatic carbocycles. The molecular formula is C22H24O10. The van der Waals surface area contributed by atoms with Crippen LogP contribution in [0.3, 0.4) is 0 Å². The summed E-state index contributed by atoms with van der Waals surface area (Å²) in [5.74, 6) is -13.4. The van der Waals surface area contributed by atoms with E-state index in [1.54, 1.807) is 24.3 Å². The van der Waals surface area contributed by atoms with E-state index < -0.39 is 71.3 Å². The Labute approximate surface area is 183 Å². The maximum absolute atomic E-state index is 13.7. The monoisotopic (exact) mass is 448 g/mol. The zero-order valence-corrected chi connectivity index (χ0v) is 18.0. The largest absolute Gasteiger partial charge is 0.469 e. The molecule has 1 aromatic rings. The van der Waals surface area contributed by atoms with Crippen molar-refractivity contribution < 1.29 is 48.0 Å². The molecule has 10 nitrogen and oxygen atoms in total. The van der Waals surface area contributed by atoms with Crippen LogP contribution < -0.4 is 0 Å². The third kappa shape index (κ3) is 3.44. The fourth-order valence-corrected chi connectivity index (χ4v) is 5.10. The number of hydrogen-bond donors (Lipinski definition) is 1. The molecule has 1 unspecified atom stereocenters. The van der Waals surface area contributed by atoms with Gasteiger partial charge in [0.05, 0.1) is 46.4 Å². The molecular weight excluding hydrogens is 424 g/mol. The smallest absolute Gasteiger partial charge is 0.316 e. The van der Waals surface area contributed by atoms with E-state index in [0.29, 0.717) is 11.1 Å². The summed E-state index contributed by atoms with van der Waals surface area (Å²) in [6.07, 6.45) is -1.73. The van der Waals surface area contributed by atoms with Gasteiger partial charge in [-0.3, -0.25) is 24.0 Å². The fraction of sp³-hybridized carbons (Fsp3) is 0.500. The summed E-state index contributed by atoms with van der Waals surface area (Å²) in [4.78, 5) is 65.0. The first-order chi connectivity index (χ1) is 15.2. The second-order valence-corrected chi connectivity index (χ2v) is 7.67. The Hall–Kier alpha value is -3.27. The molecule has 0 heterocycles. The van der Waals surface area contributed by atoms with Crippen molar-refractivity contribution in [1.82, 2.24) is 0 Å². The number of carbonyl (C=O) groups excluding carboxylic acids is 5. The van der Waals surface area contributed by atoms with Gasteiger partial charge in [0.1, 0.15) is 11.8 Å². The summed E-state index contributed by atoms with van der Waals surface area (Å²) in [5.41, 5.74) is 0.710. The quantitative estimate of drug-likeness (QED) is 0.379. The van der Waals surface area contributed by atoms with Gasteiger partial charge in [0.2, 0.25) is 0 Å². The second kappa shape index (κ2) is 9.07. The minimum absolute atomic E-state index is 0.355. The zero-order valence-electron chi connectivity index (χ0n) is 18.0. The number of ketones is 1. The van der Waals surface area contributed by atoms with E-state index in [-0.39, 0.29) is 0 Å². The SMILES string of the molecule is COC(=O)[C@H]1C(=O)[C@@H](C(=O)OC)[C@H]2c3ccccc3[C@H]1[C@H](C(=O)OC)C(O)[C@@H]2C(=O)OC. The van der Waals surface area contributed by atoms with Gasteiger partial charge in [-0.1, -0.05) is 24.3 Å². The number of methoxy groups -OCH3 is 4. The van der Waals surface area contributed by atoms with E-state index in [9.17, 15) is 29.1 Å². The Morgan fingerprint density at radius 2 is 1.03 bits per heavy atom. The van der Waals surface area contributed by atoms with Crippen molar-refractivity contribution in [3.05, 3.63) is 35.4 Å². The van der Waals surface area contributed by atoms with Gasteiger partial charge in [-0.25, -0.2) is 0 Å². The molecule has 0 spiro atoms. The van der Waals surface area contributed by atoms with E-state index in [4.69, 9.17) is 18.9 Å². The van der Waals surface area contributed by atoms with Crippen LogP contribution in [0, 0.1) is 23.7 Å². The maximum Gasteiger partial charge on any atom is 0.316 e. The number of carbonyl (C=O) groups is 5. The van der Waals surface area contributed by atoms with Gasteiger partial charge in [-0.2, -0.15) is 0 Å². The molecule has 2 aliphatic rings. The van der Waals surface area contributed by atoms with Crippen LogP contribution in [0.15, 0.2) is 24.3 Å². The number of aliphatic hydroxyl groups is 1. The van der Waals surface area contributed by atoms with Crippen LogP contribution in [0.4, 0.5) is 0 Å². The zero-order chi connectivity index (χ0) is 23.7. The number of benzene rings is 1. The third-order valence-corrected chi connectivity index (χ3v) is 6.41. The first-order valence-corrected chi connectivity index (χ1v) is 9.87. The van der Waals surface area contributed by atoms with Crippen LogP contribution in [-0.2, 0) is 42.9 Å². The highest BCUT2D eigenvalue weighted by Gasteiger charge is 2.62. The molecule has 32 heavy (non-hydrogen) atoms. The maximum atomic E-state index is 13.7. The number of aliphatic hydroxyl groups excluding tert-OH is 1. The first kappa shape index (κ1) is 23.4. The Kier molecular flexibility index (Phi) is 6.63. The lowest BCUT2D eigenvalue weighted by molar-refractivity contribution is -0.168. The number of Topliss-reactive ketones (excluding diaryl/α,β-unsaturated/α-hetero) is 1. The van der Waals surface area contributed by atoms with Gasteiger partial charge in [0.25, 0.3) is 0 Å². The summed E-state index contributed by atoms with van der Waals surface area (Å²) in [6, 6.07) is 6.41. The average Bonchev–Trinajstić information content (AvgIpc) is 2.98. The molecule has 2 aliphatic carbocycles. The lowest BCUT2D eigenvalue weighted by Gasteiger charge is -2.38. The molecule has 7 atom stereocenters. The molecule has 0 amide bonds. The Morgan fingerprint density at radius 1 is 0.688 bits per heavy atom. The molecule has 0 fully saturated rings. The van der Waals surface area contributed by atoms with Gasteiger partial charge in [-0.15, -0.1) is 0 Å². The van der Waals surface area contributed by atoms with Crippen LogP contribution in [0.25, 0.3) is 0 Å². The topological polar surface area (TPSA) is 142 Å². The van der Waals surface area contributed by atoms with Crippen LogP contribution >= 0.6 is 0 Å². The van der Waals surface area contributed by atoms with Gasteiger partial charge >= 0.3 is 23.9 Å². The van der Waals surface area contributed by atoms with Crippen molar-refractivity contribution in [2.45, 2.75) is 17.9 Å². The Morgan fingerprint density at radius 3 is 1.34 bits per heavy atom. The number of hydrogen-bond acceptors (Lipinski definition) is 10. The summed E-state index contributed by atoms with van der Waals surface area (Å²) in [7, 11) is 4.32. The molecule has 1 N–H and O–H groups in total. The molecule has 0 aliphatic heterocycles. The summed E-state index contributed by atoms with van der Waals surface area (Å²) >= 11 is 0.